The Morgan fingerprint density at radius 2 is 2.18 bits per heavy atom. The summed E-state index contributed by atoms with van der Waals surface area (Å²) in [4.78, 5) is 3.59. The Kier molecular flexibility index (Phi) is 3.13. The Balaban J connectivity index is 2.35. The molecule has 0 bridgehead atoms. The third-order valence-electron chi connectivity index (χ3n) is 1.75. The van der Waals surface area contributed by atoms with Crippen molar-refractivity contribution in [2.45, 2.75) is 4.90 Å². The summed E-state index contributed by atoms with van der Waals surface area (Å²) < 4.78 is 29.5. The van der Waals surface area contributed by atoms with Gasteiger partial charge < -0.3 is 5.73 Å². The van der Waals surface area contributed by atoms with E-state index in [4.69, 9.17) is 17.3 Å². The average Bonchev–Trinajstić information content (AvgIpc) is 2.73. The van der Waals surface area contributed by atoms with E-state index in [0.29, 0.717) is 5.00 Å². The molecule has 0 aliphatic heterocycles. The quantitative estimate of drug-likeness (QED) is 0.871. The minimum absolute atomic E-state index is 0.0741. The zero-order valence-corrected chi connectivity index (χ0v) is 10.6. The smallest absolute Gasteiger partial charge is 0.264 e. The molecule has 0 fully saturated rings. The molecular weight excluding hydrogens is 286 g/mol. The Hall–Kier alpha value is -1.45. The summed E-state index contributed by atoms with van der Waals surface area (Å²) in [5.41, 5.74) is 5.39. The molecule has 0 atom stereocenters. The molecule has 0 saturated carbocycles. The van der Waals surface area contributed by atoms with Gasteiger partial charge in [-0.2, -0.15) is 0 Å². The lowest BCUT2D eigenvalue weighted by molar-refractivity contribution is 0.601. The van der Waals surface area contributed by atoms with Gasteiger partial charge in [-0.05, 0) is 6.07 Å². The summed E-state index contributed by atoms with van der Waals surface area (Å²) in [7, 11) is -3.74. The van der Waals surface area contributed by atoms with E-state index < -0.39 is 10.0 Å². The Bertz CT molecular complexity index is 628. The van der Waals surface area contributed by atoms with E-state index in [1.807, 2.05) is 0 Å². The topological polar surface area (TPSA) is 111 Å². The second-order valence-electron chi connectivity index (χ2n) is 2.93. The molecule has 0 amide bonds. The van der Waals surface area contributed by atoms with Crippen LogP contribution in [0.15, 0.2) is 23.4 Å². The summed E-state index contributed by atoms with van der Waals surface area (Å²) in [6, 6.07) is 1.22. The highest BCUT2D eigenvalue weighted by Crippen LogP contribution is 2.22. The van der Waals surface area contributed by atoms with Gasteiger partial charge in [0.1, 0.15) is 15.7 Å². The monoisotopic (exact) mass is 291 g/mol. The predicted octanol–water partition coefficient (Wildman–Crippen LogP) is 0.970. The maximum absolute atomic E-state index is 11.9. The Morgan fingerprint density at radius 3 is 2.76 bits per heavy atom. The number of nitrogens with zero attached hydrogens (tertiary/aromatic N) is 3. The van der Waals surface area contributed by atoms with Crippen molar-refractivity contribution in [3.05, 3.63) is 23.5 Å². The van der Waals surface area contributed by atoms with E-state index >= 15 is 0 Å². The summed E-state index contributed by atoms with van der Waals surface area (Å²) in [6.07, 6.45) is 2.42. The van der Waals surface area contributed by atoms with Gasteiger partial charge in [-0.3, -0.25) is 4.72 Å². The van der Waals surface area contributed by atoms with Gasteiger partial charge in [0.15, 0.2) is 0 Å². The predicted molar refractivity (Wildman–Crippen MR) is 64.4 cm³/mol. The van der Waals surface area contributed by atoms with Crippen LogP contribution in [-0.2, 0) is 10.0 Å². The van der Waals surface area contributed by atoms with E-state index in [1.54, 1.807) is 0 Å². The molecule has 0 spiro atoms. The fourth-order valence-electron chi connectivity index (χ4n) is 0.981. The molecule has 0 aliphatic rings. The summed E-state index contributed by atoms with van der Waals surface area (Å²) >= 11 is 6.62. The van der Waals surface area contributed by atoms with Crippen molar-refractivity contribution < 1.29 is 8.42 Å². The first-order chi connectivity index (χ1) is 7.99. The molecule has 0 unspecified atom stereocenters. The van der Waals surface area contributed by atoms with Crippen molar-refractivity contribution >= 4 is 44.0 Å². The van der Waals surface area contributed by atoms with Gasteiger partial charge in [-0.25, -0.2) is 13.4 Å². The van der Waals surface area contributed by atoms with Gasteiger partial charge in [0.2, 0.25) is 0 Å². The van der Waals surface area contributed by atoms with Crippen molar-refractivity contribution in [3.63, 3.8) is 0 Å². The molecular formula is C7H6ClN5O2S2. The van der Waals surface area contributed by atoms with E-state index in [1.165, 1.54) is 12.3 Å². The SMILES string of the molecule is Nc1ncc(S(=O)(=O)Nc2cnns2)cc1Cl. The number of nitrogen functional groups attached to an aromatic ring is 1. The molecule has 2 aromatic rings. The van der Waals surface area contributed by atoms with Gasteiger partial charge in [0.25, 0.3) is 10.0 Å². The molecule has 0 aliphatic carbocycles. The zero-order chi connectivity index (χ0) is 12.5. The van der Waals surface area contributed by atoms with Gasteiger partial charge in [0.05, 0.1) is 11.2 Å². The first kappa shape index (κ1) is 12.0. The lowest BCUT2D eigenvalue weighted by atomic mass is 10.5. The van der Waals surface area contributed by atoms with Crippen LogP contribution < -0.4 is 10.5 Å². The van der Waals surface area contributed by atoms with Crippen LogP contribution in [0.2, 0.25) is 5.02 Å². The average molecular weight is 292 g/mol. The summed E-state index contributed by atoms with van der Waals surface area (Å²) in [5, 5.41) is 3.89. The standard InChI is InChI=1S/C7H6ClN5O2S2/c8-5-1-4(2-10-7(5)9)17(14,15)12-6-3-11-13-16-6/h1-3,12H,(H2,9,10). The van der Waals surface area contributed by atoms with Crippen molar-refractivity contribution in [3.8, 4) is 0 Å². The molecule has 0 saturated heterocycles. The fourth-order valence-corrected chi connectivity index (χ4v) is 2.87. The van der Waals surface area contributed by atoms with E-state index in [2.05, 4.69) is 19.3 Å². The lowest BCUT2D eigenvalue weighted by Crippen LogP contribution is -2.12. The van der Waals surface area contributed by atoms with E-state index in [-0.39, 0.29) is 15.7 Å². The summed E-state index contributed by atoms with van der Waals surface area (Å²) in [5.74, 6) is 0.0741. The molecule has 3 N–H and O–H groups in total. The van der Waals surface area contributed by atoms with E-state index in [0.717, 1.165) is 17.7 Å². The number of pyridine rings is 1. The molecule has 2 aromatic heterocycles. The lowest BCUT2D eigenvalue weighted by Gasteiger charge is -2.05. The normalized spacial score (nSPS) is 11.4. The van der Waals surface area contributed by atoms with Crippen LogP contribution in [0.3, 0.4) is 0 Å². The number of nitrogens with two attached hydrogens (primary N) is 1. The van der Waals surface area contributed by atoms with Gasteiger partial charge in [-0.15, -0.1) is 5.10 Å². The first-order valence-corrected chi connectivity index (χ1v) is 6.84. The van der Waals surface area contributed by atoms with Crippen LogP contribution in [0.4, 0.5) is 10.8 Å². The molecule has 7 nitrogen and oxygen atoms in total. The van der Waals surface area contributed by atoms with Crippen LogP contribution in [0, 0.1) is 0 Å². The maximum atomic E-state index is 11.9. The molecule has 2 heterocycles. The van der Waals surface area contributed by atoms with E-state index in [9.17, 15) is 8.42 Å². The second kappa shape index (κ2) is 4.43. The number of anilines is 2. The molecule has 90 valence electrons. The first-order valence-electron chi connectivity index (χ1n) is 4.20. The van der Waals surface area contributed by atoms with Crippen molar-refractivity contribution in [1.29, 1.82) is 0 Å². The molecule has 0 radical (unpaired) electrons. The Labute approximate surface area is 106 Å². The zero-order valence-electron chi connectivity index (χ0n) is 8.16. The molecule has 10 heteroatoms. The summed E-state index contributed by atoms with van der Waals surface area (Å²) in [6.45, 7) is 0. The van der Waals surface area contributed by atoms with Crippen molar-refractivity contribution in [2.24, 2.45) is 0 Å². The number of rotatable bonds is 3. The number of hydrogen-bond acceptors (Lipinski definition) is 7. The number of sulfonamides is 1. The maximum Gasteiger partial charge on any atom is 0.264 e. The Morgan fingerprint density at radius 1 is 1.41 bits per heavy atom. The van der Waals surface area contributed by atoms with Crippen LogP contribution in [0.5, 0.6) is 0 Å². The largest absolute Gasteiger partial charge is 0.382 e. The minimum Gasteiger partial charge on any atom is -0.382 e. The molecule has 0 aromatic carbocycles. The number of aromatic nitrogens is 3. The number of nitrogens with one attached hydrogen (secondary N) is 1. The van der Waals surface area contributed by atoms with Gasteiger partial charge >= 0.3 is 0 Å². The molecule has 17 heavy (non-hydrogen) atoms. The third kappa shape index (κ3) is 2.62. The highest BCUT2D eigenvalue weighted by molar-refractivity contribution is 7.93. The van der Waals surface area contributed by atoms with Crippen LogP contribution in [0.1, 0.15) is 0 Å². The minimum atomic E-state index is -3.74. The number of halogens is 1. The van der Waals surface area contributed by atoms with Crippen LogP contribution >= 0.6 is 23.1 Å². The third-order valence-corrected chi connectivity index (χ3v) is 4.10. The number of hydrogen-bond donors (Lipinski definition) is 2. The highest BCUT2D eigenvalue weighted by Gasteiger charge is 2.17. The van der Waals surface area contributed by atoms with Crippen molar-refractivity contribution in [2.75, 3.05) is 10.5 Å². The van der Waals surface area contributed by atoms with Gasteiger partial charge in [-0.1, -0.05) is 16.1 Å². The van der Waals surface area contributed by atoms with Crippen molar-refractivity contribution in [1.82, 2.24) is 14.6 Å². The highest BCUT2D eigenvalue weighted by atomic mass is 35.5. The fraction of sp³-hybridized carbons (Fsp3) is 0. The van der Waals surface area contributed by atoms with Crippen LogP contribution in [-0.4, -0.2) is 23.0 Å². The molecule has 2 rings (SSSR count). The van der Waals surface area contributed by atoms with Crippen LogP contribution in [0.25, 0.3) is 0 Å². The second-order valence-corrected chi connectivity index (χ2v) is 5.80. The van der Waals surface area contributed by atoms with Gasteiger partial charge in [0, 0.05) is 17.7 Å².